The second kappa shape index (κ2) is 26.2. The van der Waals surface area contributed by atoms with Crippen molar-refractivity contribution in [1.82, 2.24) is 13.7 Å². The molecule has 0 N–H and O–H groups in total. The Kier molecular flexibility index (Phi) is 9.85. The Labute approximate surface area is 698 Å². The maximum atomic E-state index is 10.3. The van der Waals surface area contributed by atoms with Crippen molar-refractivity contribution in [3.8, 4) is 61.6 Å². The summed E-state index contributed by atoms with van der Waals surface area (Å²) in [5, 5.41) is -1.34. The SMILES string of the molecule is [2H]c1c([2H])c([2H])c(N(c2ccc(-n3c4c([2H])c([2H])c([2H])c([2H])c4c4c([2H])c([2H])c([2H])c([2H])c43)cc2)c2ccc3c(c2)N(c2c(-c4ccccc4)cccc2-c2ccccc2)c2cc(-n4c5c([2H])c([2H])c([2H])c([2H])c5c5c([2H])c([2H])c([2H])c([2H])c54)cc4c2B3c2ccc(-n3c5c([2H])c([2H])c([2H])c([2H])c5c5c([2H])c([2H])c([2H])c([2H])c53)cc2N4c2c(-c3ccccc3)cc(C(C)(C)C)cc2-c2ccccc2)c([2H])c1[2H]. The monoisotopic (exact) mass is 1470 g/mol. The number of nitrogens with zero attached hydrogens (tertiary/aromatic N) is 6. The third-order valence-corrected chi connectivity index (χ3v) is 21.8. The van der Waals surface area contributed by atoms with Crippen molar-refractivity contribution in [3.05, 3.63) is 405 Å². The van der Waals surface area contributed by atoms with Crippen LogP contribution in [-0.2, 0) is 5.41 Å². The Balaban J connectivity index is 0.957. The summed E-state index contributed by atoms with van der Waals surface area (Å²) < 4.78 is 281. The second-order valence-electron chi connectivity index (χ2n) is 29.0. The highest BCUT2D eigenvalue weighted by molar-refractivity contribution is 7.00. The molecule has 0 aliphatic carbocycles. The summed E-state index contributed by atoms with van der Waals surface area (Å²) in [7, 11) is 0. The zero-order valence-electron chi connectivity index (χ0n) is 89.6. The van der Waals surface area contributed by atoms with Gasteiger partial charge in [-0.15, -0.1) is 0 Å². The largest absolute Gasteiger partial charge is 0.310 e. The molecule has 0 saturated carbocycles. The van der Waals surface area contributed by atoms with Gasteiger partial charge in [0.1, 0.15) is 0 Å². The fourth-order valence-electron chi connectivity index (χ4n) is 16.9. The predicted octanol–water partition coefficient (Wildman–Crippen LogP) is 26.5. The summed E-state index contributed by atoms with van der Waals surface area (Å²) in [6.07, 6.45) is 0. The van der Waals surface area contributed by atoms with E-state index in [1.807, 2.05) is 163 Å². The molecule has 0 atom stereocenters. The molecule has 22 rings (SSSR count). The Hall–Kier alpha value is -14.4. The van der Waals surface area contributed by atoms with Crippen LogP contribution < -0.4 is 31.1 Å². The highest BCUT2D eigenvalue weighted by atomic mass is 15.2. The quantitative estimate of drug-likeness (QED) is 0.114. The van der Waals surface area contributed by atoms with Crippen LogP contribution in [0.1, 0.15) is 66.1 Å². The van der Waals surface area contributed by atoms with Crippen molar-refractivity contribution in [2.75, 3.05) is 14.7 Å². The summed E-state index contributed by atoms with van der Waals surface area (Å²) >= 11 is 0. The van der Waals surface area contributed by atoms with Crippen molar-refractivity contribution in [2.45, 2.75) is 26.2 Å². The fourth-order valence-corrected chi connectivity index (χ4v) is 16.9. The Morgan fingerprint density at radius 2 is 0.611 bits per heavy atom. The first kappa shape index (κ1) is 42.5. The van der Waals surface area contributed by atoms with Crippen LogP contribution in [0.25, 0.3) is 127 Å². The highest BCUT2D eigenvalue weighted by Crippen LogP contribution is 2.56. The van der Waals surface area contributed by atoms with Gasteiger partial charge in [0.15, 0.2) is 0 Å². The molecule has 3 aromatic heterocycles. The van der Waals surface area contributed by atoms with E-state index in [1.54, 1.807) is 30.3 Å². The van der Waals surface area contributed by atoms with Crippen LogP contribution in [0.15, 0.2) is 400 Å². The van der Waals surface area contributed by atoms with E-state index in [4.69, 9.17) is 6.85 Å². The van der Waals surface area contributed by atoms with Crippen LogP contribution in [0.5, 0.6) is 0 Å². The molecule has 6 nitrogen and oxygen atoms in total. The number of hydrogen-bond donors (Lipinski definition) is 0. The Morgan fingerprint density at radius 1 is 0.274 bits per heavy atom. The van der Waals surface area contributed by atoms with Gasteiger partial charge in [-0.1, -0.05) is 299 Å². The minimum Gasteiger partial charge on any atom is -0.310 e. The van der Waals surface area contributed by atoms with Gasteiger partial charge < -0.3 is 28.4 Å². The van der Waals surface area contributed by atoms with Gasteiger partial charge in [0, 0.05) is 106 Å². The van der Waals surface area contributed by atoms with Crippen molar-refractivity contribution >= 4 is 140 Å². The minimum absolute atomic E-state index is 0.0219. The van der Waals surface area contributed by atoms with Crippen LogP contribution in [-0.4, -0.2) is 20.4 Å². The van der Waals surface area contributed by atoms with E-state index in [9.17, 15) is 32.9 Å². The molecule has 5 heterocycles. The minimum atomic E-state index is -1.14. The van der Waals surface area contributed by atoms with Crippen LogP contribution in [0.3, 0.4) is 0 Å². The lowest BCUT2D eigenvalue weighted by Gasteiger charge is -2.46. The van der Waals surface area contributed by atoms with E-state index in [2.05, 4.69) is 37.8 Å². The van der Waals surface area contributed by atoms with E-state index in [0.29, 0.717) is 78.0 Å². The maximum Gasteiger partial charge on any atom is 0.252 e. The first-order chi connectivity index (χ1) is 67.8. The highest BCUT2D eigenvalue weighted by Gasteiger charge is 2.46. The molecule has 17 aromatic carbocycles. The third-order valence-electron chi connectivity index (χ3n) is 21.8. The average molecular weight is 1470 g/mol. The number of rotatable bonds is 12. The van der Waals surface area contributed by atoms with Gasteiger partial charge in [0.25, 0.3) is 6.71 Å². The molecule has 0 amide bonds. The Morgan fingerprint density at radius 3 is 1.04 bits per heavy atom. The van der Waals surface area contributed by atoms with Crippen LogP contribution >= 0.6 is 0 Å². The molecule has 2 aliphatic rings. The van der Waals surface area contributed by atoms with Gasteiger partial charge in [-0.3, -0.25) is 0 Å². The van der Waals surface area contributed by atoms with E-state index >= 15 is 0 Å². The van der Waals surface area contributed by atoms with Gasteiger partial charge in [-0.25, -0.2) is 0 Å². The summed E-state index contributed by atoms with van der Waals surface area (Å²) in [6, 6.07) is 49.7. The first-order valence-corrected chi connectivity index (χ1v) is 36.9. The number of hydrogen-bond acceptors (Lipinski definition) is 3. The number of benzene rings is 17. The Bertz CT molecular complexity index is 8640. The summed E-state index contributed by atoms with van der Waals surface area (Å²) in [6.45, 7) is 5.14. The van der Waals surface area contributed by atoms with Crippen LogP contribution in [0.2, 0.25) is 0 Å². The molecule has 113 heavy (non-hydrogen) atoms. The zero-order chi connectivity index (χ0) is 100. The van der Waals surface area contributed by atoms with Crippen molar-refractivity contribution < 1.29 is 39.8 Å². The molecule has 0 bridgehead atoms. The van der Waals surface area contributed by atoms with Crippen molar-refractivity contribution in [2.24, 2.45) is 0 Å². The van der Waals surface area contributed by atoms with Gasteiger partial charge in [-0.2, -0.15) is 0 Å². The molecule has 0 fully saturated rings. The average Bonchev–Trinajstić information content (AvgIpc) is 1.70. The van der Waals surface area contributed by atoms with E-state index < -0.39 is 193 Å². The normalized spacial score (nSPS) is 16.1. The molecule has 7 heteroatoms. The van der Waals surface area contributed by atoms with Crippen LogP contribution in [0, 0.1) is 0 Å². The lowest BCUT2D eigenvalue weighted by molar-refractivity contribution is 0.591. The molecule has 20 aromatic rings. The molecule has 0 saturated heterocycles. The fraction of sp³-hybridized carbons (Fsp3) is 0.0377. The number of para-hydroxylation sites is 8. The predicted molar refractivity (Wildman–Crippen MR) is 479 cm³/mol. The zero-order valence-corrected chi connectivity index (χ0v) is 60.6. The van der Waals surface area contributed by atoms with E-state index in [1.165, 1.54) is 42.9 Å². The molecule has 0 radical (unpaired) electrons. The first-order valence-electron chi connectivity index (χ1n) is 51.4. The van der Waals surface area contributed by atoms with Crippen LogP contribution in [0.4, 0.5) is 51.2 Å². The number of fused-ring (bicyclic) bond motifs is 13. The molecule has 2 aliphatic heterocycles. The smallest absolute Gasteiger partial charge is 0.252 e. The van der Waals surface area contributed by atoms with Crippen molar-refractivity contribution in [1.29, 1.82) is 0 Å². The van der Waals surface area contributed by atoms with Crippen molar-refractivity contribution in [3.63, 3.8) is 0 Å². The lowest BCUT2D eigenvalue weighted by atomic mass is 9.33. The van der Waals surface area contributed by atoms with E-state index in [0.717, 1.165) is 5.56 Å². The molecular weight excluding hydrogens is 1370 g/mol. The summed E-state index contributed by atoms with van der Waals surface area (Å²) in [5.41, 5.74) is 7.60. The van der Waals surface area contributed by atoms with Gasteiger partial charge >= 0.3 is 0 Å². The van der Waals surface area contributed by atoms with Gasteiger partial charge in [-0.05, 0) is 171 Å². The topological polar surface area (TPSA) is 24.5 Å². The molecule has 0 unspecified atom stereocenters. The molecule has 532 valence electrons. The second-order valence-corrected chi connectivity index (χ2v) is 29.0. The van der Waals surface area contributed by atoms with E-state index in [-0.39, 0.29) is 111 Å². The lowest BCUT2D eigenvalue weighted by Crippen LogP contribution is -2.61. The number of aromatic nitrogens is 3. The molecular formula is C106H75BN6. The summed E-state index contributed by atoms with van der Waals surface area (Å²) in [4.78, 5) is 5.54. The standard InChI is InChI=1S/C106H75BN6/c1-106(2,3)74-64-89(72-36-13-6-14-37-72)105(90(65-74)73-38-15-7-16-39-73)113-100-67-79(110-95-52-27-21-44-85(95)86-45-22-28-53-96(86)110)61-63-92(100)107-91-62-60-78(108(75-40-17-8-18-41-75)76-56-58-77(59-57-76)109-93-50-25-19-42-83(93)84-43-20-26-51-94(84)109)66-99(91)112(104-81(70-32-9-4-10-33-70)48-31-49-82(104)71-34-11-5-12-35-71)101-68-80(69-102(113)103(101)107)111-97-54-29-23-46-87(97)88-47-24-30-55-98(88)111/h4-69H,1-3H3/i8D,17D,18D,19D,20D,21D,22D,23D,24D,25D,26D,27D,28D,29D,30D,40D,41D,42D,43D,44D,45D,46D,47D,50D,51D,52D,53D,54D,55D. The molecule has 0 spiro atoms. The number of anilines is 9. The third kappa shape index (κ3) is 10.5. The maximum absolute atomic E-state index is 10.3. The van der Waals surface area contributed by atoms with Gasteiger partial charge in [0.2, 0.25) is 0 Å². The van der Waals surface area contributed by atoms with Gasteiger partial charge in [0.05, 0.1) is 89.9 Å². The summed E-state index contributed by atoms with van der Waals surface area (Å²) in [5.74, 6) is 0.